The number of benzene rings is 3. The van der Waals surface area contributed by atoms with Crippen LogP contribution < -0.4 is 20.9 Å². The van der Waals surface area contributed by atoms with Crippen LogP contribution in [0.4, 0.5) is 11.4 Å². The summed E-state index contributed by atoms with van der Waals surface area (Å²) < 4.78 is 0. The quantitative estimate of drug-likeness (QED) is 0.226. The molecule has 4 N–H and O–H groups in total. The molecule has 0 bridgehead atoms. The second-order valence-corrected chi connectivity index (χ2v) is 10.6. The normalized spacial score (nSPS) is 15.5. The van der Waals surface area contributed by atoms with Crippen LogP contribution in [-0.4, -0.2) is 48.7 Å². The number of amides is 2. The van der Waals surface area contributed by atoms with E-state index in [4.69, 9.17) is 11.6 Å². The fraction of sp³-hybridized carbons (Fsp3) is 0.375. The molecule has 2 amide bonds. The van der Waals surface area contributed by atoms with Crippen LogP contribution in [0.2, 0.25) is 5.02 Å². The van der Waals surface area contributed by atoms with Gasteiger partial charge in [0, 0.05) is 54.1 Å². The number of nitrogens with one attached hydrogen (secondary N) is 3. The average Bonchev–Trinajstić information content (AvgIpc) is 3.39. The van der Waals surface area contributed by atoms with Crippen molar-refractivity contribution in [2.45, 2.75) is 57.7 Å². The summed E-state index contributed by atoms with van der Waals surface area (Å²) in [6.45, 7) is 5.67. The first kappa shape index (κ1) is 29.6. The minimum atomic E-state index is -0.853. The molecule has 212 valence electrons. The van der Waals surface area contributed by atoms with E-state index in [9.17, 15) is 14.7 Å². The zero-order valence-corrected chi connectivity index (χ0v) is 24.0. The van der Waals surface area contributed by atoms with E-state index >= 15 is 0 Å². The number of hydrogen-bond donors (Lipinski definition) is 4. The molecular weight excluding hydrogens is 524 g/mol. The maximum Gasteiger partial charge on any atom is 0.251 e. The summed E-state index contributed by atoms with van der Waals surface area (Å²) in [5.41, 5.74) is 3.99. The molecule has 0 radical (unpaired) electrons. The van der Waals surface area contributed by atoms with Crippen molar-refractivity contribution in [1.29, 1.82) is 0 Å². The Hall–Kier alpha value is -3.39. The zero-order valence-electron chi connectivity index (χ0n) is 23.2. The molecule has 7 nitrogen and oxygen atoms in total. The SMILES string of the molecule is CCNc1cc(C(=O)N[C@@H](Cc2ccccc2)[C@@H](O)CNC(CC)c2cccc(Cl)c2)cc(N2CCCC2=O)c1. The molecular formula is C32H39ClN4O3. The van der Waals surface area contributed by atoms with Crippen LogP contribution in [0.15, 0.2) is 72.8 Å². The number of carbonyl (C=O) groups excluding carboxylic acids is 2. The van der Waals surface area contributed by atoms with Gasteiger partial charge >= 0.3 is 0 Å². The van der Waals surface area contributed by atoms with E-state index < -0.39 is 12.1 Å². The van der Waals surface area contributed by atoms with Crippen molar-refractivity contribution >= 4 is 34.8 Å². The van der Waals surface area contributed by atoms with Crippen molar-refractivity contribution in [3.63, 3.8) is 0 Å². The highest BCUT2D eigenvalue weighted by Crippen LogP contribution is 2.27. The standard InChI is InChI=1S/C32H39ClN4O3/c1-3-28(23-12-8-13-25(33)17-23)35-21-30(38)29(16-22-10-6-5-7-11-22)36-32(40)24-18-26(34-4-2)20-27(19-24)37-15-9-14-31(37)39/h5-8,10-13,17-20,28-30,34-35,38H,3-4,9,14-16,21H2,1-2H3,(H,36,40)/t28?,29-,30-/m0/s1. The second-order valence-electron chi connectivity index (χ2n) is 10.2. The van der Waals surface area contributed by atoms with Gasteiger partial charge in [0.2, 0.25) is 5.91 Å². The maximum absolute atomic E-state index is 13.6. The van der Waals surface area contributed by atoms with E-state index in [1.807, 2.05) is 67.6 Å². The predicted molar refractivity (Wildman–Crippen MR) is 162 cm³/mol. The number of hydrogen-bond acceptors (Lipinski definition) is 5. The van der Waals surface area contributed by atoms with Gasteiger partial charge in [-0.05, 0) is 67.6 Å². The third kappa shape index (κ3) is 7.84. The van der Waals surface area contributed by atoms with Crippen molar-refractivity contribution in [3.05, 3.63) is 94.5 Å². The molecule has 0 spiro atoms. The molecule has 3 atom stereocenters. The first-order chi connectivity index (χ1) is 19.4. The van der Waals surface area contributed by atoms with Crippen molar-refractivity contribution in [1.82, 2.24) is 10.6 Å². The van der Waals surface area contributed by atoms with Gasteiger partial charge in [0.25, 0.3) is 5.91 Å². The lowest BCUT2D eigenvalue weighted by atomic mass is 9.99. The predicted octanol–water partition coefficient (Wildman–Crippen LogP) is 5.34. The Morgan fingerprint density at radius 3 is 2.52 bits per heavy atom. The van der Waals surface area contributed by atoms with E-state index in [1.54, 1.807) is 17.0 Å². The van der Waals surface area contributed by atoms with Gasteiger partial charge in [-0.1, -0.05) is 61.0 Å². The highest BCUT2D eigenvalue weighted by Gasteiger charge is 2.26. The molecule has 1 fully saturated rings. The van der Waals surface area contributed by atoms with Crippen molar-refractivity contribution in [2.75, 3.05) is 29.9 Å². The van der Waals surface area contributed by atoms with Gasteiger partial charge in [0.15, 0.2) is 0 Å². The molecule has 1 aliphatic heterocycles. The summed E-state index contributed by atoms with van der Waals surface area (Å²) in [5.74, 6) is -0.233. The monoisotopic (exact) mass is 562 g/mol. The van der Waals surface area contributed by atoms with E-state index in [2.05, 4.69) is 22.9 Å². The van der Waals surface area contributed by atoms with E-state index in [1.165, 1.54) is 0 Å². The van der Waals surface area contributed by atoms with Gasteiger partial charge in [-0.25, -0.2) is 0 Å². The highest BCUT2D eigenvalue weighted by molar-refractivity contribution is 6.30. The molecule has 4 rings (SSSR count). The zero-order chi connectivity index (χ0) is 28.5. The van der Waals surface area contributed by atoms with Crippen molar-refractivity contribution in [2.24, 2.45) is 0 Å². The minimum absolute atomic E-state index is 0.0128. The van der Waals surface area contributed by atoms with Crippen LogP contribution in [0.1, 0.15) is 60.6 Å². The summed E-state index contributed by atoms with van der Waals surface area (Å²) in [6.07, 6.45) is 1.75. The number of carbonyl (C=O) groups is 2. The van der Waals surface area contributed by atoms with Gasteiger partial charge in [-0.2, -0.15) is 0 Å². The summed E-state index contributed by atoms with van der Waals surface area (Å²) in [7, 11) is 0. The molecule has 3 aromatic carbocycles. The molecule has 1 unspecified atom stereocenters. The van der Waals surface area contributed by atoms with Crippen LogP contribution >= 0.6 is 11.6 Å². The summed E-state index contributed by atoms with van der Waals surface area (Å²) in [5, 5.41) is 21.8. The largest absolute Gasteiger partial charge is 0.390 e. The molecule has 1 aliphatic rings. The van der Waals surface area contributed by atoms with E-state index in [-0.39, 0.29) is 24.4 Å². The molecule has 0 saturated carbocycles. The van der Waals surface area contributed by atoms with Crippen LogP contribution in [0.3, 0.4) is 0 Å². The van der Waals surface area contributed by atoms with E-state index in [0.29, 0.717) is 42.2 Å². The number of anilines is 2. The number of nitrogens with zero attached hydrogens (tertiary/aromatic N) is 1. The molecule has 1 saturated heterocycles. The molecule has 0 aromatic heterocycles. The van der Waals surface area contributed by atoms with Crippen molar-refractivity contribution < 1.29 is 14.7 Å². The lowest BCUT2D eigenvalue weighted by molar-refractivity contribution is -0.117. The van der Waals surface area contributed by atoms with Crippen LogP contribution in [0, 0.1) is 0 Å². The lowest BCUT2D eigenvalue weighted by Crippen LogP contribution is -2.49. The van der Waals surface area contributed by atoms with Gasteiger partial charge in [-0.3, -0.25) is 9.59 Å². The molecule has 1 heterocycles. The average molecular weight is 563 g/mol. The third-order valence-electron chi connectivity index (χ3n) is 7.26. The van der Waals surface area contributed by atoms with Gasteiger partial charge in [0.1, 0.15) is 0 Å². The topological polar surface area (TPSA) is 93.7 Å². The summed E-state index contributed by atoms with van der Waals surface area (Å²) in [4.78, 5) is 27.8. The first-order valence-corrected chi connectivity index (χ1v) is 14.5. The Bertz CT molecular complexity index is 1290. The van der Waals surface area contributed by atoms with Crippen LogP contribution in [0.5, 0.6) is 0 Å². The smallest absolute Gasteiger partial charge is 0.251 e. The molecule has 0 aliphatic carbocycles. The number of aliphatic hydroxyl groups excluding tert-OH is 1. The van der Waals surface area contributed by atoms with Crippen LogP contribution in [0.25, 0.3) is 0 Å². The number of halogens is 1. The van der Waals surface area contributed by atoms with E-state index in [0.717, 1.165) is 29.7 Å². The lowest BCUT2D eigenvalue weighted by Gasteiger charge is -2.27. The fourth-order valence-corrected chi connectivity index (χ4v) is 5.35. The van der Waals surface area contributed by atoms with Gasteiger partial charge in [0.05, 0.1) is 12.1 Å². The Morgan fingerprint density at radius 2 is 1.85 bits per heavy atom. The Kier molecular flexibility index (Phi) is 10.6. The molecule has 8 heteroatoms. The second kappa shape index (κ2) is 14.3. The third-order valence-corrected chi connectivity index (χ3v) is 7.49. The minimum Gasteiger partial charge on any atom is -0.390 e. The number of aliphatic hydroxyl groups is 1. The molecule has 40 heavy (non-hydrogen) atoms. The van der Waals surface area contributed by atoms with Crippen LogP contribution in [-0.2, 0) is 11.2 Å². The first-order valence-electron chi connectivity index (χ1n) is 14.1. The van der Waals surface area contributed by atoms with Gasteiger partial charge < -0.3 is 26.0 Å². The summed E-state index contributed by atoms with van der Waals surface area (Å²) >= 11 is 6.21. The highest BCUT2D eigenvalue weighted by atomic mass is 35.5. The van der Waals surface area contributed by atoms with Crippen molar-refractivity contribution in [3.8, 4) is 0 Å². The summed E-state index contributed by atoms with van der Waals surface area (Å²) in [6, 6.07) is 22.5. The Labute approximate surface area is 241 Å². The Morgan fingerprint density at radius 1 is 1.05 bits per heavy atom. The number of rotatable bonds is 13. The molecule has 3 aromatic rings. The fourth-order valence-electron chi connectivity index (χ4n) is 5.15. The Balaban J connectivity index is 1.54. The van der Waals surface area contributed by atoms with Gasteiger partial charge in [-0.15, -0.1) is 0 Å². The maximum atomic E-state index is 13.6.